The second-order valence-electron chi connectivity index (χ2n) is 9.43. The Morgan fingerprint density at radius 3 is 2.16 bits per heavy atom. The van der Waals surface area contributed by atoms with Gasteiger partial charge in [0.2, 0.25) is 4.93 Å². The molecule has 9 heteroatoms. The van der Waals surface area contributed by atoms with Crippen LogP contribution in [0.15, 0.2) is 78.2 Å². The van der Waals surface area contributed by atoms with Crippen molar-refractivity contribution in [3.63, 3.8) is 0 Å². The summed E-state index contributed by atoms with van der Waals surface area (Å²) in [6.45, 7) is 3.85. The molecule has 0 spiro atoms. The van der Waals surface area contributed by atoms with Gasteiger partial charge in [0.1, 0.15) is 11.4 Å². The molecule has 5 rings (SSSR count). The summed E-state index contributed by atoms with van der Waals surface area (Å²) in [6.07, 6.45) is -0.386. The third kappa shape index (κ3) is 4.74. The zero-order valence-electron chi connectivity index (χ0n) is 20.7. The fraction of sp³-hybridized carbons (Fsp3) is 0.321. The minimum Gasteiger partial charge on any atom is -0.451 e. The Balaban J connectivity index is 1.38. The van der Waals surface area contributed by atoms with Crippen molar-refractivity contribution in [3.05, 3.63) is 94.2 Å². The SMILES string of the molecule is CO[C@@]1(SC(=O)Cc2cccs2)C(=O)N2[C@@H](C(=O)OC(c3ccccc3)c3ccccc3)C(C)(C)S[C@@H]21. The highest BCUT2D eigenvalue weighted by atomic mass is 32.2. The van der Waals surface area contributed by atoms with Gasteiger partial charge in [-0.3, -0.25) is 9.59 Å². The van der Waals surface area contributed by atoms with Crippen molar-refractivity contribution in [1.29, 1.82) is 0 Å². The minimum absolute atomic E-state index is 0.144. The lowest BCUT2D eigenvalue weighted by molar-refractivity contribution is -0.180. The maximum atomic E-state index is 13.7. The van der Waals surface area contributed by atoms with Crippen LogP contribution in [0.1, 0.15) is 36.0 Å². The van der Waals surface area contributed by atoms with Crippen molar-refractivity contribution in [2.75, 3.05) is 7.11 Å². The quantitative estimate of drug-likeness (QED) is 0.213. The third-order valence-corrected chi connectivity index (χ3v) is 10.5. The molecule has 2 aliphatic rings. The zero-order chi connectivity index (χ0) is 26.2. The Bertz CT molecular complexity index is 1240. The third-order valence-electron chi connectivity index (χ3n) is 6.59. The monoisotopic (exact) mass is 553 g/mol. The van der Waals surface area contributed by atoms with Gasteiger partial charge in [0.25, 0.3) is 5.91 Å². The van der Waals surface area contributed by atoms with Gasteiger partial charge in [0.05, 0.1) is 6.42 Å². The van der Waals surface area contributed by atoms with Crippen molar-refractivity contribution in [2.24, 2.45) is 0 Å². The first-order valence-corrected chi connectivity index (χ1v) is 14.4. The molecule has 3 heterocycles. The van der Waals surface area contributed by atoms with Crippen molar-refractivity contribution < 1.29 is 23.9 Å². The smallest absolute Gasteiger partial charge is 0.331 e. The number of carbonyl (C=O) groups is 3. The number of thiophene rings is 1. The topological polar surface area (TPSA) is 72.9 Å². The van der Waals surface area contributed by atoms with Gasteiger partial charge >= 0.3 is 5.97 Å². The van der Waals surface area contributed by atoms with Crippen LogP contribution < -0.4 is 0 Å². The molecule has 37 heavy (non-hydrogen) atoms. The van der Waals surface area contributed by atoms with Gasteiger partial charge in [0.15, 0.2) is 11.2 Å². The van der Waals surface area contributed by atoms with E-state index in [2.05, 4.69) is 0 Å². The second kappa shape index (κ2) is 10.3. The summed E-state index contributed by atoms with van der Waals surface area (Å²) in [6, 6.07) is 22.1. The summed E-state index contributed by atoms with van der Waals surface area (Å²) in [4.78, 5) is 41.3. The van der Waals surface area contributed by atoms with E-state index in [1.165, 1.54) is 35.1 Å². The van der Waals surface area contributed by atoms with Gasteiger partial charge in [-0.1, -0.05) is 66.7 Å². The van der Waals surface area contributed by atoms with Crippen LogP contribution in [0.3, 0.4) is 0 Å². The number of amides is 1. The van der Waals surface area contributed by atoms with E-state index in [4.69, 9.17) is 9.47 Å². The number of carbonyl (C=O) groups excluding carboxylic acids is 3. The molecule has 2 aliphatic heterocycles. The summed E-state index contributed by atoms with van der Waals surface area (Å²) in [7, 11) is 1.45. The lowest BCUT2D eigenvalue weighted by Gasteiger charge is -2.50. The second-order valence-corrected chi connectivity index (χ2v) is 13.5. The molecule has 0 radical (unpaired) electrons. The van der Waals surface area contributed by atoms with Gasteiger partial charge in [-0.25, -0.2) is 4.79 Å². The van der Waals surface area contributed by atoms with E-state index < -0.39 is 33.2 Å². The Labute approximate surface area is 228 Å². The van der Waals surface area contributed by atoms with Crippen LogP contribution >= 0.6 is 34.9 Å². The first kappa shape index (κ1) is 26.0. The van der Waals surface area contributed by atoms with Crippen molar-refractivity contribution >= 4 is 51.9 Å². The molecule has 1 amide bonds. The van der Waals surface area contributed by atoms with Crippen molar-refractivity contribution in [2.45, 2.75) is 47.5 Å². The summed E-state index contributed by atoms with van der Waals surface area (Å²) >= 11 is 3.89. The summed E-state index contributed by atoms with van der Waals surface area (Å²) in [5.41, 5.74) is 1.69. The number of fused-ring (bicyclic) bond motifs is 1. The lowest BCUT2D eigenvalue weighted by Crippen LogP contribution is -2.73. The molecular formula is C28H27NO5S3. The molecular weight excluding hydrogens is 527 g/mol. The number of thioether (sulfide) groups is 2. The number of nitrogens with zero attached hydrogens (tertiary/aromatic N) is 1. The van der Waals surface area contributed by atoms with E-state index >= 15 is 0 Å². The minimum atomic E-state index is -1.36. The lowest BCUT2D eigenvalue weighted by atomic mass is 9.96. The van der Waals surface area contributed by atoms with Crippen LogP contribution in [0, 0.1) is 0 Å². The molecule has 0 saturated carbocycles. The normalized spacial score (nSPS) is 24.0. The van der Waals surface area contributed by atoms with E-state index in [9.17, 15) is 14.4 Å². The van der Waals surface area contributed by atoms with E-state index in [0.29, 0.717) is 0 Å². The first-order valence-electron chi connectivity index (χ1n) is 11.9. The van der Waals surface area contributed by atoms with Crippen molar-refractivity contribution in [3.8, 4) is 0 Å². The number of esters is 1. The van der Waals surface area contributed by atoms with Gasteiger partial charge in [-0.2, -0.15) is 0 Å². The van der Waals surface area contributed by atoms with E-state index in [0.717, 1.165) is 27.8 Å². The van der Waals surface area contributed by atoms with Crippen LogP contribution in [-0.2, 0) is 30.3 Å². The van der Waals surface area contributed by atoms with Gasteiger partial charge in [-0.15, -0.1) is 23.1 Å². The molecule has 0 N–H and O–H groups in total. The van der Waals surface area contributed by atoms with Gasteiger partial charge in [0, 0.05) is 16.7 Å². The highest BCUT2D eigenvalue weighted by Crippen LogP contribution is 2.60. The highest BCUT2D eigenvalue weighted by Gasteiger charge is 2.73. The molecule has 0 aliphatic carbocycles. The number of hydrogen-bond acceptors (Lipinski definition) is 8. The van der Waals surface area contributed by atoms with Gasteiger partial charge < -0.3 is 14.4 Å². The molecule has 3 aromatic rings. The number of β-lactam (4-membered cyclic amide) rings is 1. The van der Waals surface area contributed by atoms with E-state index in [1.807, 2.05) is 92.0 Å². The average molecular weight is 554 g/mol. The maximum absolute atomic E-state index is 13.7. The number of ether oxygens (including phenoxy) is 2. The van der Waals surface area contributed by atoms with Crippen molar-refractivity contribution in [1.82, 2.24) is 4.90 Å². The fourth-order valence-corrected chi connectivity index (χ4v) is 8.57. The molecule has 2 fully saturated rings. The Morgan fingerprint density at radius 2 is 1.62 bits per heavy atom. The predicted octanol–water partition coefficient (Wildman–Crippen LogP) is 5.29. The molecule has 2 saturated heterocycles. The molecule has 0 bridgehead atoms. The molecule has 1 aromatic heterocycles. The standard InChI is InChI=1S/C28H27NO5S3/c1-27(2)23(24(31)34-22(18-11-6-4-7-12-18)19-13-8-5-9-14-19)29-25(32)28(33-3,26(29)37-27)36-21(30)17-20-15-10-16-35-20/h4-16,22-23,26H,17H2,1-3H3/t23-,26+,28+/m0/s1. The molecule has 3 atom stereocenters. The van der Waals surface area contributed by atoms with Crippen LogP contribution in [-0.4, -0.2) is 50.1 Å². The molecule has 192 valence electrons. The Hall–Kier alpha value is -2.59. The maximum Gasteiger partial charge on any atom is 0.331 e. The number of rotatable bonds is 8. The highest BCUT2D eigenvalue weighted by molar-refractivity contribution is 8.16. The average Bonchev–Trinajstić information content (AvgIpc) is 3.50. The molecule has 2 aromatic carbocycles. The number of benzene rings is 2. The summed E-state index contributed by atoms with van der Waals surface area (Å²) in [5, 5.41) is 1.29. The summed E-state index contributed by atoms with van der Waals surface area (Å²) < 4.78 is 11.2. The number of methoxy groups -OCH3 is 1. The van der Waals surface area contributed by atoms with E-state index in [-0.39, 0.29) is 17.4 Å². The molecule has 6 nitrogen and oxygen atoms in total. The Morgan fingerprint density at radius 1 is 1.00 bits per heavy atom. The predicted molar refractivity (Wildman–Crippen MR) is 147 cm³/mol. The molecule has 0 unspecified atom stereocenters. The van der Waals surface area contributed by atoms with Crippen LogP contribution in [0.5, 0.6) is 0 Å². The largest absolute Gasteiger partial charge is 0.451 e. The number of hydrogen-bond donors (Lipinski definition) is 0. The summed E-state index contributed by atoms with van der Waals surface area (Å²) in [5.74, 6) is -0.855. The fourth-order valence-electron chi connectivity index (χ4n) is 4.83. The zero-order valence-corrected chi connectivity index (χ0v) is 23.1. The Kier molecular flexibility index (Phi) is 7.24. The van der Waals surface area contributed by atoms with Crippen LogP contribution in [0.2, 0.25) is 0 Å². The first-order chi connectivity index (χ1) is 17.8. The van der Waals surface area contributed by atoms with Crippen LogP contribution in [0.4, 0.5) is 0 Å². The van der Waals surface area contributed by atoms with Gasteiger partial charge in [-0.05, 0) is 48.2 Å². The van der Waals surface area contributed by atoms with Crippen LogP contribution in [0.25, 0.3) is 0 Å². The van der Waals surface area contributed by atoms with E-state index in [1.54, 1.807) is 0 Å².